The number of anilines is 1. The fourth-order valence-electron chi connectivity index (χ4n) is 3.47. The molecule has 0 aliphatic carbocycles. The van der Waals surface area contributed by atoms with Gasteiger partial charge in [0.25, 0.3) is 0 Å². The first-order valence-electron chi connectivity index (χ1n) is 9.86. The van der Waals surface area contributed by atoms with E-state index >= 15 is 0 Å². The summed E-state index contributed by atoms with van der Waals surface area (Å²) in [5, 5.41) is 8.60. The Bertz CT molecular complexity index is 1010. The minimum atomic E-state index is -2.85. The number of alkyl halides is 2. The highest BCUT2D eigenvalue weighted by Crippen LogP contribution is 2.31. The van der Waals surface area contributed by atoms with Crippen LogP contribution in [-0.4, -0.2) is 43.7 Å². The summed E-state index contributed by atoms with van der Waals surface area (Å²) in [6, 6.07) is 10.9. The molecule has 1 aromatic carbocycles. The molecular weight excluding hydrogens is 424 g/mol. The SMILES string of the molecule is CN=C(NCc1coc(-c2cccs2)n1)NC1CCN(c2ccccc2OC(F)F)C1. The summed E-state index contributed by atoms with van der Waals surface area (Å²) in [6.07, 6.45) is 2.47. The molecule has 1 aliphatic rings. The molecule has 0 spiro atoms. The zero-order valence-corrected chi connectivity index (χ0v) is 17.7. The van der Waals surface area contributed by atoms with Gasteiger partial charge in [0.2, 0.25) is 5.89 Å². The van der Waals surface area contributed by atoms with E-state index in [1.165, 1.54) is 0 Å². The van der Waals surface area contributed by atoms with E-state index in [0.29, 0.717) is 30.6 Å². The molecule has 2 N–H and O–H groups in total. The quantitative estimate of drug-likeness (QED) is 0.422. The number of hydrogen-bond donors (Lipinski definition) is 2. The first-order chi connectivity index (χ1) is 15.1. The number of rotatable bonds is 7. The Kier molecular flexibility index (Phi) is 6.66. The van der Waals surface area contributed by atoms with Crippen LogP contribution in [0, 0.1) is 0 Å². The molecule has 1 fully saturated rings. The summed E-state index contributed by atoms with van der Waals surface area (Å²) >= 11 is 1.57. The maximum absolute atomic E-state index is 12.7. The average Bonchev–Trinajstić information content (AvgIpc) is 3.52. The third kappa shape index (κ3) is 5.32. The topological polar surface area (TPSA) is 74.9 Å². The summed E-state index contributed by atoms with van der Waals surface area (Å²) in [5.41, 5.74) is 1.44. The Morgan fingerprint density at radius 2 is 2.23 bits per heavy atom. The van der Waals surface area contributed by atoms with E-state index in [9.17, 15) is 8.78 Å². The number of aromatic nitrogens is 1. The van der Waals surface area contributed by atoms with Gasteiger partial charge in [-0.05, 0) is 30.0 Å². The molecule has 10 heteroatoms. The van der Waals surface area contributed by atoms with Gasteiger partial charge in [0.15, 0.2) is 5.96 Å². The van der Waals surface area contributed by atoms with Gasteiger partial charge in [-0.1, -0.05) is 18.2 Å². The van der Waals surface area contributed by atoms with Crippen molar-refractivity contribution in [3.63, 3.8) is 0 Å². The first-order valence-corrected chi connectivity index (χ1v) is 10.7. The standard InChI is InChI=1S/C21H23F2N5O2S/c1-24-21(25-11-15-13-29-19(26-15)18-7-4-10-31-18)27-14-8-9-28(12-14)16-5-2-3-6-17(16)30-20(22)23/h2-7,10,13-14,20H,8-9,11-12H2,1H3,(H2,24,25,27). The molecule has 2 aromatic heterocycles. The van der Waals surface area contributed by atoms with Gasteiger partial charge < -0.3 is 24.7 Å². The zero-order chi connectivity index (χ0) is 21.6. The highest BCUT2D eigenvalue weighted by molar-refractivity contribution is 7.13. The molecule has 1 unspecified atom stereocenters. The minimum Gasteiger partial charge on any atom is -0.443 e. The molecule has 4 rings (SSSR count). The van der Waals surface area contributed by atoms with E-state index in [1.807, 2.05) is 28.5 Å². The highest BCUT2D eigenvalue weighted by atomic mass is 32.1. The van der Waals surface area contributed by atoms with E-state index in [1.54, 1.807) is 42.8 Å². The number of aliphatic imine (C=N–C) groups is 1. The number of para-hydroxylation sites is 2. The number of hydrogen-bond acceptors (Lipinski definition) is 6. The number of thiophene rings is 1. The number of oxazole rings is 1. The lowest BCUT2D eigenvalue weighted by Crippen LogP contribution is -2.44. The zero-order valence-electron chi connectivity index (χ0n) is 16.9. The van der Waals surface area contributed by atoms with Gasteiger partial charge in [-0.15, -0.1) is 11.3 Å². The van der Waals surface area contributed by atoms with Crippen molar-refractivity contribution < 1.29 is 17.9 Å². The minimum absolute atomic E-state index is 0.116. The second-order valence-corrected chi connectivity index (χ2v) is 7.92. The van der Waals surface area contributed by atoms with E-state index < -0.39 is 6.61 Å². The van der Waals surface area contributed by atoms with Crippen LogP contribution in [0.4, 0.5) is 14.5 Å². The molecule has 7 nitrogen and oxygen atoms in total. The number of guanidine groups is 1. The summed E-state index contributed by atoms with van der Waals surface area (Å²) in [7, 11) is 1.70. The Hall–Kier alpha value is -3.14. The highest BCUT2D eigenvalue weighted by Gasteiger charge is 2.26. The van der Waals surface area contributed by atoms with Crippen molar-refractivity contribution >= 4 is 23.0 Å². The number of nitrogens with one attached hydrogen (secondary N) is 2. The lowest BCUT2D eigenvalue weighted by molar-refractivity contribution is -0.0495. The van der Waals surface area contributed by atoms with Crippen LogP contribution in [0.15, 0.2) is 57.5 Å². The van der Waals surface area contributed by atoms with Crippen LogP contribution >= 0.6 is 11.3 Å². The molecule has 1 atom stereocenters. The van der Waals surface area contributed by atoms with Crippen molar-refractivity contribution in [3.8, 4) is 16.5 Å². The number of benzene rings is 1. The van der Waals surface area contributed by atoms with E-state index in [4.69, 9.17) is 4.42 Å². The van der Waals surface area contributed by atoms with Gasteiger partial charge in [-0.25, -0.2) is 4.98 Å². The molecule has 31 heavy (non-hydrogen) atoms. The van der Waals surface area contributed by atoms with Crippen LogP contribution in [0.1, 0.15) is 12.1 Å². The average molecular weight is 448 g/mol. The van der Waals surface area contributed by atoms with Crippen LogP contribution in [0.25, 0.3) is 10.8 Å². The number of nitrogens with zero attached hydrogens (tertiary/aromatic N) is 3. The molecular formula is C21H23F2N5O2S. The molecule has 164 valence electrons. The Balaban J connectivity index is 1.31. The van der Waals surface area contributed by atoms with Crippen molar-refractivity contribution in [1.29, 1.82) is 0 Å². The van der Waals surface area contributed by atoms with Gasteiger partial charge in [0.1, 0.15) is 12.0 Å². The van der Waals surface area contributed by atoms with Crippen molar-refractivity contribution in [2.75, 3.05) is 25.0 Å². The predicted molar refractivity (Wildman–Crippen MR) is 117 cm³/mol. The molecule has 1 saturated heterocycles. The monoisotopic (exact) mass is 447 g/mol. The van der Waals surface area contributed by atoms with Crippen LogP contribution in [0.5, 0.6) is 5.75 Å². The Labute approximate surface area is 182 Å². The van der Waals surface area contributed by atoms with Crippen LogP contribution < -0.4 is 20.3 Å². The van der Waals surface area contributed by atoms with E-state index in [-0.39, 0.29) is 11.8 Å². The molecule has 3 aromatic rings. The molecule has 1 aliphatic heterocycles. The maximum atomic E-state index is 12.7. The van der Waals surface area contributed by atoms with Crippen LogP contribution in [0.3, 0.4) is 0 Å². The Morgan fingerprint density at radius 3 is 3.00 bits per heavy atom. The first kappa shape index (κ1) is 21.1. The molecule has 0 bridgehead atoms. The third-order valence-corrected chi connectivity index (χ3v) is 5.75. The number of halogens is 2. The van der Waals surface area contributed by atoms with E-state index in [0.717, 1.165) is 23.5 Å². The second kappa shape index (κ2) is 9.78. The lowest BCUT2D eigenvalue weighted by atomic mass is 10.2. The van der Waals surface area contributed by atoms with Crippen molar-refractivity contribution in [2.24, 2.45) is 4.99 Å². The summed E-state index contributed by atoms with van der Waals surface area (Å²) in [6.45, 7) is -1.00. The van der Waals surface area contributed by atoms with E-state index in [2.05, 4.69) is 25.3 Å². The molecule has 0 amide bonds. The predicted octanol–water partition coefficient (Wildman–Crippen LogP) is 3.95. The fraction of sp³-hybridized carbons (Fsp3) is 0.333. The molecule has 0 saturated carbocycles. The molecule has 0 radical (unpaired) electrons. The smallest absolute Gasteiger partial charge is 0.387 e. The summed E-state index contributed by atoms with van der Waals surface area (Å²) in [4.78, 5) is 11.8. The van der Waals surface area contributed by atoms with Crippen LogP contribution in [0.2, 0.25) is 0 Å². The Morgan fingerprint density at radius 1 is 1.35 bits per heavy atom. The van der Waals surface area contributed by atoms with Gasteiger partial charge in [0.05, 0.1) is 22.8 Å². The maximum Gasteiger partial charge on any atom is 0.387 e. The fourth-order valence-corrected chi connectivity index (χ4v) is 4.13. The summed E-state index contributed by atoms with van der Waals surface area (Å²) in [5.74, 6) is 1.43. The molecule has 3 heterocycles. The lowest BCUT2D eigenvalue weighted by Gasteiger charge is -2.22. The normalized spacial score (nSPS) is 16.7. The third-order valence-electron chi connectivity index (χ3n) is 4.90. The second-order valence-electron chi connectivity index (χ2n) is 6.97. The number of ether oxygens (including phenoxy) is 1. The van der Waals surface area contributed by atoms with Crippen molar-refractivity contribution in [1.82, 2.24) is 15.6 Å². The van der Waals surface area contributed by atoms with Crippen molar-refractivity contribution in [3.05, 3.63) is 53.7 Å². The van der Waals surface area contributed by atoms with Gasteiger partial charge in [-0.2, -0.15) is 8.78 Å². The van der Waals surface area contributed by atoms with Gasteiger partial charge in [0, 0.05) is 26.2 Å². The van der Waals surface area contributed by atoms with Crippen LogP contribution in [-0.2, 0) is 6.54 Å². The largest absolute Gasteiger partial charge is 0.443 e. The van der Waals surface area contributed by atoms with Gasteiger partial charge >= 0.3 is 6.61 Å². The summed E-state index contributed by atoms with van der Waals surface area (Å²) < 4.78 is 35.6. The van der Waals surface area contributed by atoms with Gasteiger partial charge in [-0.3, -0.25) is 4.99 Å². The van der Waals surface area contributed by atoms with Crippen molar-refractivity contribution in [2.45, 2.75) is 25.6 Å².